The van der Waals surface area contributed by atoms with Crippen molar-refractivity contribution in [1.29, 1.82) is 0 Å². The first-order chi connectivity index (χ1) is 5.22. The summed E-state index contributed by atoms with van der Waals surface area (Å²) < 4.78 is 0. The molecule has 0 aromatic carbocycles. The number of halogens is 1. The Bertz CT molecular complexity index is 283. The molecule has 0 aliphatic rings. The number of nitrogens with one attached hydrogen (secondary N) is 1. The molecular weight excluding hydrogens is 162 g/mol. The summed E-state index contributed by atoms with van der Waals surface area (Å²) in [4.78, 5) is 7.80. The monoisotopic (exact) mass is 167 g/mol. The minimum absolute atomic E-state index is 0.359. The molecule has 3 nitrogen and oxygen atoms in total. The maximum absolute atomic E-state index is 5.63. The average Bonchev–Trinajstić information content (AvgIpc) is 1.85. The van der Waals surface area contributed by atoms with Crippen LogP contribution in [0.4, 0.5) is 5.95 Å². The normalized spacial score (nSPS) is 8.82. The van der Waals surface area contributed by atoms with E-state index in [9.17, 15) is 0 Å². The first-order valence-corrected chi connectivity index (χ1v) is 3.33. The summed E-state index contributed by atoms with van der Waals surface area (Å²) in [6, 6.07) is 3.86. The van der Waals surface area contributed by atoms with Crippen LogP contribution < -0.4 is 5.32 Å². The van der Waals surface area contributed by atoms with Crippen LogP contribution in [0, 0.1) is 19.4 Å². The molecular formula is C7H6ClN3. The minimum atomic E-state index is 0.359. The predicted molar refractivity (Wildman–Crippen MR) is 44.2 cm³/mol. The van der Waals surface area contributed by atoms with Gasteiger partial charge in [0.2, 0.25) is 5.95 Å². The van der Waals surface area contributed by atoms with Gasteiger partial charge in [-0.1, -0.05) is 18.0 Å². The quantitative estimate of drug-likeness (QED) is 0.391. The molecule has 0 saturated carbocycles. The maximum Gasteiger partial charge on any atom is 0.236 e. The second-order valence-electron chi connectivity index (χ2n) is 1.92. The summed E-state index contributed by atoms with van der Waals surface area (Å²) in [5.74, 6) is 0.359. The van der Waals surface area contributed by atoms with E-state index in [1.165, 1.54) is 0 Å². The number of hydrogen-bond donors (Lipinski definition) is 1. The summed E-state index contributed by atoms with van der Waals surface area (Å²) in [5, 5.41) is 2.89. The van der Waals surface area contributed by atoms with Gasteiger partial charge in [-0.15, -0.1) is 0 Å². The van der Waals surface area contributed by atoms with E-state index in [1.807, 2.05) is 6.92 Å². The molecule has 1 aromatic rings. The van der Waals surface area contributed by atoms with Crippen LogP contribution in [0.5, 0.6) is 0 Å². The molecule has 0 aliphatic carbocycles. The third kappa shape index (κ3) is 2.10. The summed E-state index contributed by atoms with van der Waals surface area (Å²) >= 11 is 5.63. The number of terminal acetylenes is 1. The number of nitrogens with zero attached hydrogens (tertiary/aromatic N) is 2. The van der Waals surface area contributed by atoms with E-state index in [1.54, 1.807) is 6.07 Å². The fraction of sp³-hybridized carbons (Fsp3) is 0.143. The number of aryl methyl sites for hydroxylation is 1. The maximum atomic E-state index is 5.63. The Morgan fingerprint density at radius 1 is 1.64 bits per heavy atom. The van der Waals surface area contributed by atoms with Crippen molar-refractivity contribution in [3.63, 3.8) is 0 Å². The van der Waals surface area contributed by atoms with E-state index in [4.69, 9.17) is 18.0 Å². The van der Waals surface area contributed by atoms with E-state index in [2.05, 4.69) is 21.3 Å². The lowest BCUT2D eigenvalue weighted by atomic mass is 10.5. The van der Waals surface area contributed by atoms with Crippen LogP contribution in [-0.2, 0) is 0 Å². The van der Waals surface area contributed by atoms with Crippen LogP contribution in [0.3, 0.4) is 0 Å². The van der Waals surface area contributed by atoms with Crippen molar-refractivity contribution in [3.05, 3.63) is 16.9 Å². The fourth-order valence-corrected chi connectivity index (χ4v) is 0.889. The lowest BCUT2D eigenvalue weighted by Gasteiger charge is -1.97. The minimum Gasteiger partial charge on any atom is -0.283 e. The topological polar surface area (TPSA) is 37.8 Å². The average molecular weight is 168 g/mol. The third-order valence-electron chi connectivity index (χ3n) is 1.01. The molecule has 0 bridgehead atoms. The molecule has 1 aromatic heterocycles. The molecule has 1 rings (SSSR count). The van der Waals surface area contributed by atoms with Crippen LogP contribution in [0.2, 0.25) is 5.15 Å². The number of aromatic nitrogens is 2. The smallest absolute Gasteiger partial charge is 0.236 e. The first-order valence-electron chi connectivity index (χ1n) is 2.95. The Morgan fingerprint density at radius 2 is 2.36 bits per heavy atom. The SMILES string of the molecule is C#CNc1nc(C)cc(Cl)n1. The van der Waals surface area contributed by atoms with E-state index >= 15 is 0 Å². The zero-order valence-electron chi connectivity index (χ0n) is 5.93. The Labute approximate surface area is 69.8 Å². The first kappa shape index (κ1) is 7.83. The van der Waals surface area contributed by atoms with Crippen molar-refractivity contribution in [2.45, 2.75) is 6.92 Å². The molecule has 11 heavy (non-hydrogen) atoms. The molecule has 56 valence electrons. The largest absolute Gasteiger partial charge is 0.283 e. The van der Waals surface area contributed by atoms with E-state index < -0.39 is 0 Å². The van der Waals surface area contributed by atoms with Gasteiger partial charge < -0.3 is 0 Å². The number of hydrogen-bond acceptors (Lipinski definition) is 3. The van der Waals surface area contributed by atoms with Gasteiger partial charge in [-0.25, -0.2) is 9.97 Å². The molecule has 0 aliphatic heterocycles. The standard InChI is InChI=1S/C7H6ClN3/c1-3-9-7-10-5(2)4-6(8)11-7/h1,4H,2H3,(H,9,10,11). The molecule has 0 fully saturated rings. The van der Waals surface area contributed by atoms with Crippen LogP contribution in [0.25, 0.3) is 0 Å². The van der Waals surface area contributed by atoms with Crippen molar-refractivity contribution in [3.8, 4) is 12.5 Å². The Hall–Kier alpha value is -1.27. The molecule has 1 heterocycles. The van der Waals surface area contributed by atoms with Gasteiger partial charge in [0.25, 0.3) is 0 Å². The Kier molecular flexibility index (Phi) is 2.29. The van der Waals surface area contributed by atoms with Crippen LogP contribution in [-0.4, -0.2) is 9.97 Å². The molecule has 0 saturated heterocycles. The molecule has 0 radical (unpaired) electrons. The zero-order chi connectivity index (χ0) is 8.27. The fourth-order valence-electron chi connectivity index (χ4n) is 0.651. The summed E-state index contributed by atoms with van der Waals surface area (Å²) in [7, 11) is 0. The van der Waals surface area contributed by atoms with Gasteiger partial charge in [0, 0.05) is 11.7 Å². The molecule has 1 N–H and O–H groups in total. The van der Waals surface area contributed by atoms with Gasteiger partial charge in [-0.3, -0.25) is 5.32 Å². The Morgan fingerprint density at radius 3 is 2.91 bits per heavy atom. The zero-order valence-corrected chi connectivity index (χ0v) is 6.68. The summed E-state index contributed by atoms with van der Waals surface area (Å²) in [6.07, 6.45) is 4.98. The summed E-state index contributed by atoms with van der Waals surface area (Å²) in [5.41, 5.74) is 0.780. The second kappa shape index (κ2) is 3.22. The van der Waals surface area contributed by atoms with Gasteiger partial charge in [0.05, 0.1) is 0 Å². The highest BCUT2D eigenvalue weighted by atomic mass is 35.5. The summed E-state index contributed by atoms with van der Waals surface area (Å²) in [6.45, 7) is 1.81. The van der Waals surface area contributed by atoms with Crippen molar-refractivity contribution in [2.75, 3.05) is 5.32 Å². The molecule has 0 atom stereocenters. The predicted octanol–water partition coefficient (Wildman–Crippen LogP) is 1.44. The van der Waals surface area contributed by atoms with Crippen molar-refractivity contribution < 1.29 is 0 Å². The Balaban J connectivity index is 3.01. The highest BCUT2D eigenvalue weighted by Crippen LogP contribution is 2.08. The number of rotatable bonds is 1. The van der Waals surface area contributed by atoms with Gasteiger partial charge in [-0.2, -0.15) is 0 Å². The van der Waals surface area contributed by atoms with Crippen molar-refractivity contribution in [1.82, 2.24) is 9.97 Å². The number of anilines is 1. The van der Waals surface area contributed by atoms with Gasteiger partial charge in [0.1, 0.15) is 5.15 Å². The highest BCUT2D eigenvalue weighted by Gasteiger charge is 1.96. The molecule has 4 heteroatoms. The lowest BCUT2D eigenvalue weighted by molar-refractivity contribution is 1.11. The van der Waals surface area contributed by atoms with Gasteiger partial charge in [-0.05, 0) is 13.0 Å². The highest BCUT2D eigenvalue weighted by molar-refractivity contribution is 6.29. The second-order valence-corrected chi connectivity index (χ2v) is 2.31. The van der Waals surface area contributed by atoms with Crippen molar-refractivity contribution >= 4 is 17.5 Å². The van der Waals surface area contributed by atoms with E-state index in [0.29, 0.717) is 11.1 Å². The van der Waals surface area contributed by atoms with Gasteiger partial charge >= 0.3 is 0 Å². The van der Waals surface area contributed by atoms with Crippen molar-refractivity contribution in [2.24, 2.45) is 0 Å². The van der Waals surface area contributed by atoms with Crippen LogP contribution in [0.15, 0.2) is 6.07 Å². The van der Waals surface area contributed by atoms with E-state index in [-0.39, 0.29) is 0 Å². The van der Waals surface area contributed by atoms with Crippen LogP contribution in [0.1, 0.15) is 5.69 Å². The molecule has 0 spiro atoms. The van der Waals surface area contributed by atoms with E-state index in [0.717, 1.165) is 5.69 Å². The molecule has 0 unspecified atom stereocenters. The molecule has 0 amide bonds. The van der Waals surface area contributed by atoms with Gasteiger partial charge in [0.15, 0.2) is 0 Å². The third-order valence-corrected chi connectivity index (χ3v) is 1.20. The van der Waals surface area contributed by atoms with Crippen LogP contribution >= 0.6 is 11.6 Å². The lowest BCUT2D eigenvalue weighted by Crippen LogP contribution is -1.96.